The lowest BCUT2D eigenvalue weighted by molar-refractivity contribution is -0.384. The molecule has 1 aliphatic heterocycles. The van der Waals surface area contributed by atoms with Crippen molar-refractivity contribution in [1.29, 1.82) is 0 Å². The van der Waals surface area contributed by atoms with Crippen molar-refractivity contribution in [2.45, 2.75) is 30.6 Å². The van der Waals surface area contributed by atoms with Crippen LogP contribution in [0.15, 0.2) is 23.2 Å². The third kappa shape index (κ3) is 3.63. The number of nitro benzene ring substituents is 1. The van der Waals surface area contributed by atoms with Crippen molar-refractivity contribution in [3.8, 4) is 5.75 Å². The van der Waals surface area contributed by atoms with Crippen molar-refractivity contribution in [1.82, 2.24) is 0 Å². The molecule has 126 valence electrons. The maximum absolute atomic E-state index is 10.7. The number of phenolic OH excluding ortho intramolecular Hbond substituents is 1. The highest BCUT2D eigenvalue weighted by molar-refractivity contribution is 5.84. The average Bonchev–Trinajstić information content (AvgIpc) is 2.52. The normalized spacial score (nSPS) is 31.4. The minimum absolute atomic E-state index is 0.00243. The lowest BCUT2D eigenvalue weighted by Gasteiger charge is -2.38. The van der Waals surface area contributed by atoms with Crippen LogP contribution in [0.3, 0.4) is 0 Å². The SMILES string of the molecule is O=[N+]([O-])c1ccc(O)c(C=N[C@H]2[C@@H](O)[C@@H](O)[C@@H](CO)O[C@H]2O)c1. The lowest BCUT2D eigenvalue weighted by atomic mass is 9.97. The number of hydrogen-bond acceptors (Lipinski definition) is 9. The highest BCUT2D eigenvalue weighted by Gasteiger charge is 2.43. The zero-order chi connectivity index (χ0) is 17.1. The standard InChI is InChI=1S/C13H16N2O8/c16-5-9-11(18)12(19)10(13(20)23-9)14-4-6-3-7(15(21)22)1-2-8(6)17/h1-4,9-13,16-20H,5H2/t9-,10+,11+,12-,13-/m1/s1. The summed E-state index contributed by atoms with van der Waals surface area (Å²) in [7, 11) is 0. The van der Waals surface area contributed by atoms with Gasteiger partial charge in [-0.15, -0.1) is 0 Å². The molecule has 1 aromatic rings. The molecule has 0 bridgehead atoms. The van der Waals surface area contributed by atoms with E-state index in [4.69, 9.17) is 9.84 Å². The highest BCUT2D eigenvalue weighted by atomic mass is 16.6. The molecule has 0 amide bonds. The van der Waals surface area contributed by atoms with Crippen molar-refractivity contribution in [3.05, 3.63) is 33.9 Å². The molecular formula is C13H16N2O8. The van der Waals surface area contributed by atoms with E-state index in [2.05, 4.69) is 4.99 Å². The summed E-state index contributed by atoms with van der Waals surface area (Å²) in [4.78, 5) is 13.9. The molecule has 1 aliphatic rings. The van der Waals surface area contributed by atoms with Crippen molar-refractivity contribution < 1.29 is 35.2 Å². The molecule has 1 aromatic carbocycles. The van der Waals surface area contributed by atoms with E-state index in [0.29, 0.717) is 0 Å². The van der Waals surface area contributed by atoms with Crippen LogP contribution in [0.4, 0.5) is 5.69 Å². The molecule has 0 radical (unpaired) electrons. The Bertz CT molecular complexity index is 608. The smallest absolute Gasteiger partial charge is 0.270 e. The molecule has 23 heavy (non-hydrogen) atoms. The van der Waals surface area contributed by atoms with Crippen LogP contribution in [0.25, 0.3) is 0 Å². The fourth-order valence-corrected chi connectivity index (χ4v) is 2.17. The maximum atomic E-state index is 10.7. The van der Waals surface area contributed by atoms with Gasteiger partial charge in [0.15, 0.2) is 6.29 Å². The number of aliphatic hydroxyl groups is 4. The van der Waals surface area contributed by atoms with Gasteiger partial charge in [-0.3, -0.25) is 15.1 Å². The van der Waals surface area contributed by atoms with E-state index in [1.165, 1.54) is 0 Å². The Hall–Kier alpha value is -2.11. The lowest BCUT2D eigenvalue weighted by Crippen LogP contribution is -2.57. The number of ether oxygens (including phenoxy) is 1. The van der Waals surface area contributed by atoms with Crippen molar-refractivity contribution in [2.24, 2.45) is 4.99 Å². The van der Waals surface area contributed by atoms with Gasteiger partial charge in [-0.05, 0) is 6.07 Å². The molecule has 0 unspecified atom stereocenters. The molecule has 0 aliphatic carbocycles. The monoisotopic (exact) mass is 328 g/mol. The van der Waals surface area contributed by atoms with Crippen LogP contribution in [-0.4, -0.2) is 73.9 Å². The molecule has 0 spiro atoms. The molecule has 5 atom stereocenters. The number of aliphatic imine (C=N–C) groups is 1. The van der Waals surface area contributed by atoms with Gasteiger partial charge in [0.2, 0.25) is 0 Å². The summed E-state index contributed by atoms with van der Waals surface area (Å²) in [6.45, 7) is -0.600. The van der Waals surface area contributed by atoms with E-state index in [9.17, 15) is 30.5 Å². The van der Waals surface area contributed by atoms with Crippen LogP contribution in [0.1, 0.15) is 5.56 Å². The van der Waals surface area contributed by atoms with Gasteiger partial charge in [0.25, 0.3) is 5.69 Å². The second kappa shape index (κ2) is 6.98. The van der Waals surface area contributed by atoms with E-state index >= 15 is 0 Å². The summed E-state index contributed by atoms with van der Waals surface area (Å²) in [6, 6.07) is 2.00. The molecule has 0 aromatic heterocycles. The second-order valence-electron chi connectivity index (χ2n) is 5.00. The third-order valence-corrected chi connectivity index (χ3v) is 3.47. The van der Waals surface area contributed by atoms with Gasteiger partial charge in [-0.25, -0.2) is 0 Å². The molecule has 0 saturated carbocycles. The number of aliphatic hydroxyl groups excluding tert-OH is 4. The number of aromatic hydroxyl groups is 1. The number of nitrogens with zero attached hydrogens (tertiary/aromatic N) is 2. The van der Waals surface area contributed by atoms with Crippen LogP contribution in [0.5, 0.6) is 5.75 Å². The number of benzene rings is 1. The van der Waals surface area contributed by atoms with Crippen LogP contribution in [-0.2, 0) is 4.74 Å². The molecule has 1 saturated heterocycles. The molecular weight excluding hydrogens is 312 g/mol. The van der Waals surface area contributed by atoms with Crippen molar-refractivity contribution in [3.63, 3.8) is 0 Å². The van der Waals surface area contributed by atoms with Crippen LogP contribution in [0.2, 0.25) is 0 Å². The Morgan fingerprint density at radius 2 is 2.00 bits per heavy atom. The maximum Gasteiger partial charge on any atom is 0.270 e. The Kier molecular flexibility index (Phi) is 5.23. The first kappa shape index (κ1) is 17.2. The van der Waals surface area contributed by atoms with Crippen molar-refractivity contribution >= 4 is 11.9 Å². The van der Waals surface area contributed by atoms with Gasteiger partial charge in [0, 0.05) is 23.9 Å². The van der Waals surface area contributed by atoms with Gasteiger partial charge in [0.05, 0.1) is 11.5 Å². The van der Waals surface area contributed by atoms with Crippen LogP contribution in [0, 0.1) is 10.1 Å². The second-order valence-corrected chi connectivity index (χ2v) is 5.00. The van der Waals surface area contributed by atoms with E-state index in [1.807, 2.05) is 0 Å². The van der Waals surface area contributed by atoms with Crippen LogP contribution < -0.4 is 0 Å². The number of rotatable bonds is 4. The fraction of sp³-hybridized carbons (Fsp3) is 0.462. The predicted molar refractivity (Wildman–Crippen MR) is 76.1 cm³/mol. The first-order chi connectivity index (χ1) is 10.8. The Morgan fingerprint density at radius 3 is 2.61 bits per heavy atom. The molecule has 1 heterocycles. The minimum atomic E-state index is -1.59. The largest absolute Gasteiger partial charge is 0.507 e. The Labute approximate surface area is 130 Å². The molecule has 1 fully saturated rings. The summed E-state index contributed by atoms with van der Waals surface area (Å²) in [5, 5.41) is 58.7. The molecule has 5 N–H and O–H groups in total. The quantitative estimate of drug-likeness (QED) is 0.253. The van der Waals surface area contributed by atoms with Gasteiger partial charge in [-0.2, -0.15) is 0 Å². The van der Waals surface area contributed by atoms with E-state index < -0.39 is 42.2 Å². The summed E-state index contributed by atoms with van der Waals surface area (Å²) in [5.74, 6) is -0.283. The molecule has 10 nitrogen and oxygen atoms in total. The molecule has 2 rings (SSSR count). The van der Waals surface area contributed by atoms with E-state index in [-0.39, 0.29) is 17.0 Å². The van der Waals surface area contributed by atoms with E-state index in [0.717, 1.165) is 24.4 Å². The zero-order valence-electron chi connectivity index (χ0n) is 11.8. The van der Waals surface area contributed by atoms with E-state index in [1.54, 1.807) is 0 Å². The minimum Gasteiger partial charge on any atom is -0.507 e. The fourth-order valence-electron chi connectivity index (χ4n) is 2.17. The number of nitro groups is 1. The summed E-state index contributed by atoms with van der Waals surface area (Å²) in [5.41, 5.74) is -0.275. The summed E-state index contributed by atoms with van der Waals surface area (Å²) >= 11 is 0. The highest BCUT2D eigenvalue weighted by Crippen LogP contribution is 2.24. The van der Waals surface area contributed by atoms with Crippen molar-refractivity contribution in [2.75, 3.05) is 6.61 Å². The Balaban J connectivity index is 2.22. The predicted octanol–water partition coefficient (Wildman–Crippen LogP) is -1.48. The van der Waals surface area contributed by atoms with Gasteiger partial charge >= 0.3 is 0 Å². The summed E-state index contributed by atoms with van der Waals surface area (Å²) in [6.07, 6.45) is -4.72. The van der Waals surface area contributed by atoms with Crippen LogP contribution >= 0.6 is 0 Å². The number of non-ortho nitro benzene ring substituents is 1. The topological polar surface area (TPSA) is 166 Å². The van der Waals surface area contributed by atoms with Gasteiger partial charge < -0.3 is 30.3 Å². The average molecular weight is 328 g/mol. The van der Waals surface area contributed by atoms with Gasteiger partial charge in [-0.1, -0.05) is 0 Å². The molecule has 10 heteroatoms. The number of hydrogen-bond donors (Lipinski definition) is 5. The van der Waals surface area contributed by atoms with Gasteiger partial charge in [0.1, 0.15) is 30.1 Å². The zero-order valence-corrected chi connectivity index (χ0v) is 11.8. The Morgan fingerprint density at radius 1 is 1.30 bits per heavy atom. The first-order valence-electron chi connectivity index (χ1n) is 6.66. The number of phenols is 1. The summed E-state index contributed by atoms with van der Waals surface area (Å²) < 4.78 is 4.92. The third-order valence-electron chi connectivity index (χ3n) is 3.47. The first-order valence-corrected chi connectivity index (χ1v) is 6.66.